The Bertz CT molecular complexity index is 889. The van der Waals surface area contributed by atoms with E-state index in [1.54, 1.807) is 24.3 Å². The number of carbonyl (C=O) groups is 3. The molecule has 25 heavy (non-hydrogen) atoms. The standard InChI is InChI=1S/C19H17N3O3/c1-12-6-5-8-14(10-12)22-18(24)15(17(23)21-19(22)25)11-20-16-9-4-3-7-13(16)2/h3-11,15H,1-2H3,(H,21,23,25)/t15-/m1/s1. The van der Waals surface area contributed by atoms with Crippen LogP contribution in [0.4, 0.5) is 16.2 Å². The number of anilines is 1. The predicted octanol–water partition coefficient (Wildman–Crippen LogP) is 2.90. The molecule has 0 spiro atoms. The molecule has 1 aliphatic rings. The van der Waals surface area contributed by atoms with Gasteiger partial charge in [-0.05, 0) is 43.2 Å². The number of hydrogen-bond donors (Lipinski definition) is 1. The monoisotopic (exact) mass is 335 g/mol. The molecular weight excluding hydrogens is 318 g/mol. The number of hydrogen-bond acceptors (Lipinski definition) is 4. The number of nitrogens with zero attached hydrogens (tertiary/aromatic N) is 2. The number of rotatable bonds is 3. The van der Waals surface area contributed by atoms with Gasteiger partial charge in [0, 0.05) is 6.21 Å². The average molecular weight is 335 g/mol. The van der Waals surface area contributed by atoms with Crippen molar-refractivity contribution in [1.29, 1.82) is 0 Å². The van der Waals surface area contributed by atoms with Crippen molar-refractivity contribution in [3.8, 4) is 0 Å². The zero-order valence-electron chi connectivity index (χ0n) is 13.9. The van der Waals surface area contributed by atoms with E-state index in [1.807, 2.05) is 38.1 Å². The highest BCUT2D eigenvalue weighted by atomic mass is 16.2. The number of urea groups is 1. The summed E-state index contributed by atoms with van der Waals surface area (Å²) in [5.41, 5.74) is 2.92. The first-order valence-corrected chi connectivity index (χ1v) is 7.82. The zero-order chi connectivity index (χ0) is 18.0. The lowest BCUT2D eigenvalue weighted by atomic mass is 10.1. The van der Waals surface area contributed by atoms with Crippen molar-refractivity contribution >= 4 is 35.4 Å². The van der Waals surface area contributed by atoms with Gasteiger partial charge in [-0.15, -0.1) is 0 Å². The highest BCUT2D eigenvalue weighted by Crippen LogP contribution is 2.22. The summed E-state index contributed by atoms with van der Waals surface area (Å²) in [5.74, 6) is -2.44. The minimum absolute atomic E-state index is 0.421. The minimum atomic E-state index is -1.15. The van der Waals surface area contributed by atoms with Crippen molar-refractivity contribution in [2.24, 2.45) is 10.9 Å². The summed E-state index contributed by atoms with van der Waals surface area (Å²) in [5, 5.41) is 2.21. The Labute approximate surface area is 145 Å². The summed E-state index contributed by atoms with van der Waals surface area (Å²) in [6, 6.07) is 13.6. The maximum absolute atomic E-state index is 12.7. The molecule has 1 heterocycles. The summed E-state index contributed by atoms with van der Waals surface area (Å²) in [4.78, 5) is 42.2. The SMILES string of the molecule is Cc1cccc(N2C(=O)NC(=O)[C@@H](C=Nc3ccccc3C)C2=O)c1. The number of imide groups is 2. The van der Waals surface area contributed by atoms with Crippen molar-refractivity contribution < 1.29 is 14.4 Å². The third kappa shape index (κ3) is 3.33. The Hall–Kier alpha value is -3.28. The normalized spacial score (nSPS) is 17.9. The van der Waals surface area contributed by atoms with Crippen LogP contribution in [-0.2, 0) is 9.59 Å². The van der Waals surface area contributed by atoms with Crippen LogP contribution in [0.2, 0.25) is 0 Å². The zero-order valence-corrected chi connectivity index (χ0v) is 13.9. The Morgan fingerprint density at radius 3 is 2.52 bits per heavy atom. The molecule has 1 fully saturated rings. The van der Waals surface area contributed by atoms with Gasteiger partial charge in [-0.2, -0.15) is 0 Å². The van der Waals surface area contributed by atoms with Gasteiger partial charge in [0.15, 0.2) is 5.92 Å². The molecule has 1 N–H and O–H groups in total. The molecule has 0 radical (unpaired) electrons. The molecule has 0 aliphatic carbocycles. The van der Waals surface area contributed by atoms with Crippen LogP contribution in [0.1, 0.15) is 11.1 Å². The molecular formula is C19H17N3O3. The fourth-order valence-corrected chi connectivity index (χ4v) is 2.60. The van der Waals surface area contributed by atoms with Crippen LogP contribution in [0, 0.1) is 19.8 Å². The van der Waals surface area contributed by atoms with E-state index in [4.69, 9.17) is 0 Å². The first-order chi connectivity index (χ1) is 12.0. The van der Waals surface area contributed by atoms with Crippen molar-refractivity contribution in [2.75, 3.05) is 4.90 Å². The summed E-state index contributed by atoms with van der Waals surface area (Å²) in [6.45, 7) is 3.75. The molecule has 1 atom stereocenters. The fraction of sp³-hybridized carbons (Fsp3) is 0.158. The van der Waals surface area contributed by atoms with Crippen LogP contribution >= 0.6 is 0 Å². The molecule has 1 saturated heterocycles. The van der Waals surface area contributed by atoms with E-state index in [0.717, 1.165) is 16.0 Å². The Morgan fingerprint density at radius 1 is 1.04 bits per heavy atom. The van der Waals surface area contributed by atoms with Gasteiger partial charge in [0.1, 0.15) is 0 Å². The van der Waals surface area contributed by atoms with Gasteiger partial charge < -0.3 is 0 Å². The molecule has 1 aliphatic heterocycles. The summed E-state index contributed by atoms with van der Waals surface area (Å²) >= 11 is 0. The van der Waals surface area contributed by atoms with Crippen LogP contribution in [0.25, 0.3) is 0 Å². The van der Waals surface area contributed by atoms with Crippen LogP contribution in [0.5, 0.6) is 0 Å². The number of aliphatic imine (C=N–C) groups is 1. The van der Waals surface area contributed by atoms with Crippen LogP contribution < -0.4 is 10.2 Å². The maximum atomic E-state index is 12.7. The lowest BCUT2D eigenvalue weighted by molar-refractivity contribution is -0.131. The molecule has 4 amide bonds. The second kappa shape index (κ2) is 6.68. The number of amides is 4. The van der Waals surface area contributed by atoms with Gasteiger partial charge in [0.25, 0.3) is 5.91 Å². The number of benzene rings is 2. The lowest BCUT2D eigenvalue weighted by Crippen LogP contribution is -2.58. The summed E-state index contributed by atoms with van der Waals surface area (Å²) < 4.78 is 0. The molecule has 0 unspecified atom stereocenters. The number of para-hydroxylation sites is 1. The first kappa shape index (κ1) is 16.6. The first-order valence-electron chi connectivity index (χ1n) is 7.82. The highest BCUT2D eigenvalue weighted by Gasteiger charge is 2.40. The largest absolute Gasteiger partial charge is 0.335 e. The summed E-state index contributed by atoms with van der Waals surface area (Å²) in [6.07, 6.45) is 1.29. The minimum Gasteiger partial charge on any atom is -0.276 e. The third-order valence-electron chi connectivity index (χ3n) is 3.94. The molecule has 6 nitrogen and oxygen atoms in total. The Balaban J connectivity index is 1.92. The predicted molar refractivity (Wildman–Crippen MR) is 95.0 cm³/mol. The van der Waals surface area contributed by atoms with E-state index in [-0.39, 0.29) is 0 Å². The fourth-order valence-electron chi connectivity index (χ4n) is 2.60. The number of carbonyl (C=O) groups excluding carboxylic acids is 3. The van der Waals surface area contributed by atoms with Crippen molar-refractivity contribution in [2.45, 2.75) is 13.8 Å². The molecule has 2 aromatic carbocycles. The van der Waals surface area contributed by atoms with E-state index < -0.39 is 23.8 Å². The second-order valence-corrected chi connectivity index (χ2v) is 5.85. The Morgan fingerprint density at radius 2 is 1.80 bits per heavy atom. The van der Waals surface area contributed by atoms with Crippen molar-refractivity contribution in [1.82, 2.24) is 5.32 Å². The van der Waals surface area contributed by atoms with E-state index in [9.17, 15) is 14.4 Å². The van der Waals surface area contributed by atoms with Gasteiger partial charge in [-0.25, -0.2) is 9.69 Å². The molecule has 6 heteroatoms. The van der Waals surface area contributed by atoms with Crippen LogP contribution in [0.3, 0.4) is 0 Å². The van der Waals surface area contributed by atoms with Gasteiger partial charge in [-0.1, -0.05) is 30.3 Å². The molecule has 3 rings (SSSR count). The molecule has 0 bridgehead atoms. The topological polar surface area (TPSA) is 78.8 Å². The Kier molecular flexibility index (Phi) is 4.43. The third-order valence-corrected chi connectivity index (χ3v) is 3.94. The molecule has 0 saturated carbocycles. The van der Waals surface area contributed by atoms with E-state index in [1.165, 1.54) is 6.21 Å². The smallest absolute Gasteiger partial charge is 0.276 e. The molecule has 2 aromatic rings. The van der Waals surface area contributed by atoms with Gasteiger partial charge in [0.05, 0.1) is 11.4 Å². The van der Waals surface area contributed by atoms with E-state index in [2.05, 4.69) is 10.3 Å². The van der Waals surface area contributed by atoms with Crippen LogP contribution in [0.15, 0.2) is 53.5 Å². The lowest BCUT2D eigenvalue weighted by Gasteiger charge is -2.28. The summed E-state index contributed by atoms with van der Waals surface area (Å²) in [7, 11) is 0. The van der Waals surface area contributed by atoms with Gasteiger partial charge >= 0.3 is 6.03 Å². The number of aryl methyl sites for hydroxylation is 2. The molecule has 126 valence electrons. The average Bonchev–Trinajstić information content (AvgIpc) is 2.56. The highest BCUT2D eigenvalue weighted by molar-refractivity contribution is 6.32. The second-order valence-electron chi connectivity index (χ2n) is 5.85. The van der Waals surface area contributed by atoms with Crippen molar-refractivity contribution in [3.05, 3.63) is 59.7 Å². The van der Waals surface area contributed by atoms with E-state index >= 15 is 0 Å². The number of nitrogens with one attached hydrogen (secondary N) is 1. The number of barbiturate groups is 1. The van der Waals surface area contributed by atoms with Gasteiger partial charge in [0.2, 0.25) is 5.91 Å². The van der Waals surface area contributed by atoms with E-state index in [0.29, 0.717) is 11.4 Å². The maximum Gasteiger partial charge on any atom is 0.335 e. The van der Waals surface area contributed by atoms with Gasteiger partial charge in [-0.3, -0.25) is 19.9 Å². The molecule has 0 aromatic heterocycles. The quantitative estimate of drug-likeness (QED) is 0.692. The van der Waals surface area contributed by atoms with Crippen molar-refractivity contribution in [3.63, 3.8) is 0 Å². The van der Waals surface area contributed by atoms with Crippen LogP contribution in [-0.4, -0.2) is 24.1 Å².